The molecule has 266 valence electrons. The lowest BCUT2D eigenvalue weighted by Gasteiger charge is -2.26. The second-order valence-electron chi connectivity index (χ2n) is 15.3. The molecule has 0 unspecified atom stereocenters. The van der Waals surface area contributed by atoms with Gasteiger partial charge in [0.2, 0.25) is 0 Å². The molecule has 56 heavy (non-hydrogen) atoms. The van der Waals surface area contributed by atoms with Crippen LogP contribution in [0.3, 0.4) is 0 Å². The van der Waals surface area contributed by atoms with Crippen LogP contribution >= 0.6 is 11.3 Å². The summed E-state index contributed by atoms with van der Waals surface area (Å²) in [5.41, 5.74) is 15.2. The number of para-hydroxylation sites is 1. The smallest absolute Gasteiger partial charge is 0.139 e. The van der Waals surface area contributed by atoms with Gasteiger partial charge in [0, 0.05) is 59.2 Å². The van der Waals surface area contributed by atoms with Gasteiger partial charge >= 0.3 is 0 Å². The quantitative estimate of drug-likeness (QED) is 0.169. The molecule has 0 amide bonds. The first-order valence-corrected chi connectivity index (χ1v) is 20.1. The Hall–Kier alpha value is -6.68. The van der Waals surface area contributed by atoms with Crippen LogP contribution in [0.4, 0.5) is 17.1 Å². The number of thiophene rings is 1. The Balaban J connectivity index is 0.964. The van der Waals surface area contributed by atoms with E-state index in [1.54, 1.807) is 0 Å². The summed E-state index contributed by atoms with van der Waals surface area (Å²) < 4.78 is 9.05. The number of furan rings is 1. The van der Waals surface area contributed by atoms with Crippen molar-refractivity contribution in [3.63, 3.8) is 0 Å². The molecule has 0 spiro atoms. The Morgan fingerprint density at radius 1 is 0.429 bits per heavy atom. The predicted molar refractivity (Wildman–Crippen MR) is 238 cm³/mol. The van der Waals surface area contributed by atoms with Crippen LogP contribution < -0.4 is 4.90 Å². The fourth-order valence-corrected chi connectivity index (χ4v) is 9.91. The van der Waals surface area contributed by atoms with Gasteiger partial charge in [0.1, 0.15) is 11.3 Å². The third-order valence-corrected chi connectivity index (χ3v) is 12.8. The van der Waals surface area contributed by atoms with Crippen molar-refractivity contribution >= 4 is 59.5 Å². The largest absolute Gasteiger partial charge is 0.456 e. The van der Waals surface area contributed by atoms with E-state index in [9.17, 15) is 0 Å². The topological polar surface area (TPSA) is 16.4 Å². The molecule has 11 rings (SSSR count). The first kappa shape index (κ1) is 32.7. The summed E-state index contributed by atoms with van der Waals surface area (Å²) in [4.78, 5) is 2.38. The monoisotopic (exact) mass is 735 g/mol. The number of fused-ring (bicyclic) bond motifs is 8. The minimum Gasteiger partial charge on any atom is -0.456 e. The number of benzene rings is 8. The van der Waals surface area contributed by atoms with Crippen molar-refractivity contribution in [1.29, 1.82) is 0 Å². The summed E-state index contributed by atoms with van der Waals surface area (Å²) in [6.07, 6.45) is 0. The van der Waals surface area contributed by atoms with Crippen molar-refractivity contribution in [1.82, 2.24) is 0 Å². The minimum atomic E-state index is -0.162. The van der Waals surface area contributed by atoms with E-state index in [0.717, 1.165) is 28.4 Å². The van der Waals surface area contributed by atoms with Gasteiger partial charge < -0.3 is 9.32 Å². The van der Waals surface area contributed by atoms with Gasteiger partial charge in [-0.25, -0.2) is 0 Å². The molecule has 0 atom stereocenters. The molecule has 0 saturated heterocycles. The Bertz CT molecular complexity index is 3080. The van der Waals surface area contributed by atoms with Crippen LogP contribution in [0.5, 0.6) is 0 Å². The highest BCUT2D eigenvalue weighted by atomic mass is 32.1. The number of hydrogen-bond donors (Lipinski definition) is 0. The van der Waals surface area contributed by atoms with Gasteiger partial charge in [-0.3, -0.25) is 0 Å². The Morgan fingerprint density at radius 2 is 0.946 bits per heavy atom. The molecule has 8 aromatic carbocycles. The molecule has 0 N–H and O–H groups in total. The molecular formula is C53H37NOS. The molecule has 0 saturated carbocycles. The van der Waals surface area contributed by atoms with Crippen LogP contribution in [-0.4, -0.2) is 0 Å². The first-order chi connectivity index (χ1) is 27.5. The fraction of sp³-hybridized carbons (Fsp3) is 0.0566. The summed E-state index contributed by atoms with van der Waals surface area (Å²) in [7, 11) is 0. The van der Waals surface area contributed by atoms with Crippen molar-refractivity contribution < 1.29 is 4.42 Å². The van der Waals surface area contributed by atoms with E-state index in [0.29, 0.717) is 0 Å². The molecule has 2 aromatic heterocycles. The molecule has 2 nitrogen and oxygen atoms in total. The van der Waals surface area contributed by atoms with Gasteiger partial charge in [-0.2, -0.15) is 0 Å². The summed E-state index contributed by atoms with van der Waals surface area (Å²) in [6, 6.07) is 68.3. The van der Waals surface area contributed by atoms with Crippen LogP contribution in [0.15, 0.2) is 192 Å². The van der Waals surface area contributed by atoms with E-state index >= 15 is 0 Å². The van der Waals surface area contributed by atoms with Gasteiger partial charge in [-0.1, -0.05) is 141 Å². The molecule has 0 fully saturated rings. The normalized spacial score (nSPS) is 13.0. The molecule has 2 heterocycles. The number of rotatable bonds is 6. The van der Waals surface area contributed by atoms with E-state index in [-0.39, 0.29) is 5.41 Å². The van der Waals surface area contributed by atoms with Gasteiger partial charge in [0.05, 0.1) is 0 Å². The van der Waals surface area contributed by atoms with E-state index in [2.05, 4.69) is 201 Å². The van der Waals surface area contributed by atoms with Crippen molar-refractivity contribution in [3.05, 3.63) is 199 Å². The van der Waals surface area contributed by atoms with Crippen molar-refractivity contribution in [2.45, 2.75) is 19.3 Å². The molecule has 0 bridgehead atoms. The maximum absolute atomic E-state index is 6.44. The second kappa shape index (κ2) is 12.7. The lowest BCUT2D eigenvalue weighted by molar-refractivity contribution is 0.619. The van der Waals surface area contributed by atoms with Crippen LogP contribution in [-0.2, 0) is 5.41 Å². The van der Waals surface area contributed by atoms with Crippen molar-refractivity contribution in [2.24, 2.45) is 0 Å². The first-order valence-electron chi connectivity index (χ1n) is 19.2. The predicted octanol–water partition coefficient (Wildman–Crippen LogP) is 15.6. The van der Waals surface area contributed by atoms with Crippen LogP contribution in [0.25, 0.3) is 75.8 Å². The molecule has 0 radical (unpaired) electrons. The SMILES string of the molecule is CC1(C)c2cc(-c3ccc(N(c4ccc(-c5ccc(-c6ccccc6)cc5)cc4)c4ccc5sc6ccccc6c5c4)cc3)ccc2-c2oc3ccccc3c21. The zero-order valence-electron chi connectivity index (χ0n) is 31.2. The molecule has 1 aliphatic carbocycles. The Labute approximate surface area is 330 Å². The van der Waals surface area contributed by atoms with Gasteiger partial charge in [0.25, 0.3) is 0 Å². The lowest BCUT2D eigenvalue weighted by Crippen LogP contribution is -2.15. The third-order valence-electron chi connectivity index (χ3n) is 11.7. The van der Waals surface area contributed by atoms with Crippen LogP contribution in [0.1, 0.15) is 25.0 Å². The fourth-order valence-electron chi connectivity index (χ4n) is 8.82. The Kier molecular flexibility index (Phi) is 7.42. The van der Waals surface area contributed by atoms with E-state index in [1.165, 1.54) is 75.6 Å². The van der Waals surface area contributed by atoms with Crippen LogP contribution in [0, 0.1) is 0 Å². The highest BCUT2D eigenvalue weighted by Gasteiger charge is 2.40. The highest BCUT2D eigenvalue weighted by Crippen LogP contribution is 2.53. The zero-order valence-corrected chi connectivity index (χ0v) is 32.0. The van der Waals surface area contributed by atoms with Crippen molar-refractivity contribution in [2.75, 3.05) is 4.90 Å². The average molecular weight is 736 g/mol. The Morgan fingerprint density at radius 3 is 1.64 bits per heavy atom. The molecular weight excluding hydrogens is 699 g/mol. The number of anilines is 3. The summed E-state index contributed by atoms with van der Waals surface area (Å²) >= 11 is 1.85. The van der Waals surface area contributed by atoms with Crippen LogP contribution in [0.2, 0.25) is 0 Å². The van der Waals surface area contributed by atoms with Gasteiger partial charge in [-0.15, -0.1) is 11.3 Å². The number of hydrogen-bond acceptors (Lipinski definition) is 3. The summed E-state index contributed by atoms with van der Waals surface area (Å²) in [5.74, 6) is 1.01. The third kappa shape index (κ3) is 5.23. The zero-order chi connectivity index (χ0) is 37.4. The summed E-state index contributed by atoms with van der Waals surface area (Å²) in [6.45, 7) is 4.64. The van der Waals surface area contributed by atoms with E-state index in [4.69, 9.17) is 4.42 Å². The molecule has 10 aromatic rings. The maximum atomic E-state index is 6.44. The van der Waals surface area contributed by atoms with Crippen molar-refractivity contribution in [3.8, 4) is 44.7 Å². The molecule has 0 aliphatic heterocycles. The second-order valence-corrected chi connectivity index (χ2v) is 16.4. The highest BCUT2D eigenvalue weighted by molar-refractivity contribution is 7.25. The standard InChI is InChI=1S/C53H37NOS/c1-53(2)47-32-39(24-30-44(47)52-51(53)45-13-6-8-14-48(45)55-52)38-22-27-41(28-23-38)54(42-29-31-50-46(33-42)43-12-7-9-15-49(43)56-50)40-25-20-37(21-26-40)36-18-16-35(17-19-36)34-10-4-3-5-11-34/h3-33H,1-2H3. The van der Waals surface area contributed by atoms with Gasteiger partial charge in [0.15, 0.2) is 0 Å². The lowest BCUT2D eigenvalue weighted by atomic mass is 9.80. The summed E-state index contributed by atoms with van der Waals surface area (Å²) in [5, 5.41) is 3.79. The maximum Gasteiger partial charge on any atom is 0.139 e. The van der Waals surface area contributed by atoms with E-state index in [1.807, 2.05) is 17.4 Å². The molecule has 1 aliphatic rings. The molecule has 3 heteroatoms. The number of nitrogens with zero attached hydrogens (tertiary/aromatic N) is 1. The minimum absolute atomic E-state index is 0.162. The van der Waals surface area contributed by atoms with Gasteiger partial charge in [-0.05, 0) is 99.6 Å². The average Bonchev–Trinajstić information content (AvgIpc) is 3.90. The van der Waals surface area contributed by atoms with E-state index < -0.39 is 0 Å².